The molecular weight excluding hydrogens is 272 g/mol. The highest BCUT2D eigenvalue weighted by Gasteiger charge is 2.17. The molecule has 0 unspecified atom stereocenters. The Labute approximate surface area is 130 Å². The van der Waals surface area contributed by atoms with Crippen molar-refractivity contribution >= 4 is 16.9 Å². The SMILES string of the molecule is C[C@@H]1CCCN(c2ccc(-c3ccnc4[nH]ccc34)cn2)C1. The van der Waals surface area contributed by atoms with E-state index in [9.17, 15) is 0 Å². The number of hydrogen-bond donors (Lipinski definition) is 1. The van der Waals surface area contributed by atoms with Crippen LogP contribution in [0.3, 0.4) is 0 Å². The quantitative estimate of drug-likeness (QED) is 0.780. The highest BCUT2D eigenvalue weighted by molar-refractivity contribution is 5.92. The minimum Gasteiger partial charge on any atom is -0.356 e. The van der Waals surface area contributed by atoms with Gasteiger partial charge in [-0.3, -0.25) is 0 Å². The Bertz CT molecular complexity index is 775. The zero-order valence-corrected chi connectivity index (χ0v) is 12.8. The maximum absolute atomic E-state index is 4.70. The van der Waals surface area contributed by atoms with Gasteiger partial charge in [0.05, 0.1) is 0 Å². The minimum absolute atomic E-state index is 0.759. The van der Waals surface area contributed by atoms with Gasteiger partial charge in [0.1, 0.15) is 11.5 Å². The smallest absolute Gasteiger partial charge is 0.137 e. The summed E-state index contributed by atoms with van der Waals surface area (Å²) in [6.07, 6.45) is 8.35. The third kappa shape index (κ3) is 2.34. The molecular formula is C18H20N4. The van der Waals surface area contributed by atoms with E-state index in [0.717, 1.165) is 41.4 Å². The third-order valence-electron chi connectivity index (χ3n) is 4.50. The second-order valence-electron chi connectivity index (χ2n) is 6.20. The van der Waals surface area contributed by atoms with Crippen LogP contribution in [0.5, 0.6) is 0 Å². The molecule has 1 saturated heterocycles. The van der Waals surface area contributed by atoms with E-state index in [1.54, 1.807) is 0 Å². The van der Waals surface area contributed by atoms with Crippen LogP contribution in [0.4, 0.5) is 5.82 Å². The Morgan fingerprint density at radius 3 is 2.95 bits per heavy atom. The highest BCUT2D eigenvalue weighted by Crippen LogP contribution is 2.28. The van der Waals surface area contributed by atoms with Gasteiger partial charge in [0.25, 0.3) is 0 Å². The van der Waals surface area contributed by atoms with Crippen LogP contribution in [0.25, 0.3) is 22.2 Å². The van der Waals surface area contributed by atoms with Crippen molar-refractivity contribution in [2.24, 2.45) is 5.92 Å². The van der Waals surface area contributed by atoms with Crippen molar-refractivity contribution in [1.29, 1.82) is 0 Å². The number of hydrogen-bond acceptors (Lipinski definition) is 3. The van der Waals surface area contributed by atoms with Gasteiger partial charge in [0, 0.05) is 42.6 Å². The van der Waals surface area contributed by atoms with Crippen LogP contribution in [-0.4, -0.2) is 28.0 Å². The summed E-state index contributed by atoms with van der Waals surface area (Å²) in [4.78, 5) is 14.6. The van der Waals surface area contributed by atoms with E-state index in [1.165, 1.54) is 18.4 Å². The monoisotopic (exact) mass is 292 g/mol. The van der Waals surface area contributed by atoms with Crippen molar-refractivity contribution in [2.75, 3.05) is 18.0 Å². The molecule has 1 N–H and O–H groups in total. The number of aromatic nitrogens is 3. The predicted molar refractivity (Wildman–Crippen MR) is 89.9 cm³/mol. The molecule has 3 aromatic rings. The van der Waals surface area contributed by atoms with Gasteiger partial charge in [-0.25, -0.2) is 9.97 Å². The molecule has 22 heavy (non-hydrogen) atoms. The first-order chi connectivity index (χ1) is 10.8. The van der Waals surface area contributed by atoms with Gasteiger partial charge in [0.2, 0.25) is 0 Å². The predicted octanol–water partition coefficient (Wildman–Crippen LogP) is 3.86. The van der Waals surface area contributed by atoms with Crippen molar-refractivity contribution in [3.63, 3.8) is 0 Å². The lowest BCUT2D eigenvalue weighted by atomic mass is 10.0. The summed E-state index contributed by atoms with van der Waals surface area (Å²) in [7, 11) is 0. The Kier molecular flexibility index (Phi) is 3.29. The molecule has 4 rings (SSSR count). The van der Waals surface area contributed by atoms with E-state index < -0.39 is 0 Å². The summed E-state index contributed by atoms with van der Waals surface area (Å²) < 4.78 is 0. The zero-order chi connectivity index (χ0) is 14.9. The van der Waals surface area contributed by atoms with Crippen molar-refractivity contribution in [3.05, 3.63) is 42.9 Å². The number of nitrogens with one attached hydrogen (secondary N) is 1. The Balaban J connectivity index is 1.66. The normalized spacial score (nSPS) is 18.8. The minimum atomic E-state index is 0.759. The van der Waals surface area contributed by atoms with Crippen LogP contribution in [-0.2, 0) is 0 Å². The molecule has 0 radical (unpaired) electrons. The van der Waals surface area contributed by atoms with Crippen LogP contribution in [0.15, 0.2) is 42.9 Å². The number of piperidine rings is 1. The van der Waals surface area contributed by atoms with Gasteiger partial charge in [-0.05, 0) is 48.6 Å². The lowest BCUT2D eigenvalue weighted by molar-refractivity contribution is 0.444. The molecule has 0 aromatic carbocycles. The first-order valence-electron chi connectivity index (χ1n) is 7.95. The molecule has 1 aliphatic rings. The van der Waals surface area contributed by atoms with E-state index in [1.807, 2.05) is 18.6 Å². The zero-order valence-electron chi connectivity index (χ0n) is 12.8. The van der Waals surface area contributed by atoms with Crippen LogP contribution in [0, 0.1) is 5.92 Å². The van der Waals surface area contributed by atoms with Crippen molar-refractivity contribution in [1.82, 2.24) is 15.0 Å². The number of H-pyrrole nitrogens is 1. The van der Waals surface area contributed by atoms with Crippen LogP contribution < -0.4 is 4.90 Å². The molecule has 4 heterocycles. The molecule has 0 amide bonds. The number of nitrogens with zero attached hydrogens (tertiary/aromatic N) is 3. The summed E-state index contributed by atoms with van der Waals surface area (Å²) in [5, 5.41) is 1.14. The first-order valence-corrected chi connectivity index (χ1v) is 7.95. The van der Waals surface area contributed by atoms with Gasteiger partial charge < -0.3 is 9.88 Å². The van der Waals surface area contributed by atoms with Gasteiger partial charge in [-0.15, -0.1) is 0 Å². The van der Waals surface area contributed by atoms with Crippen molar-refractivity contribution in [2.45, 2.75) is 19.8 Å². The average molecular weight is 292 g/mol. The molecule has 1 fully saturated rings. The molecule has 112 valence electrons. The van der Waals surface area contributed by atoms with Gasteiger partial charge >= 0.3 is 0 Å². The van der Waals surface area contributed by atoms with Crippen LogP contribution in [0.1, 0.15) is 19.8 Å². The van der Waals surface area contributed by atoms with Crippen molar-refractivity contribution in [3.8, 4) is 11.1 Å². The van der Waals surface area contributed by atoms with Crippen LogP contribution >= 0.6 is 0 Å². The Morgan fingerprint density at radius 1 is 1.18 bits per heavy atom. The second-order valence-corrected chi connectivity index (χ2v) is 6.20. The topological polar surface area (TPSA) is 44.8 Å². The third-order valence-corrected chi connectivity index (χ3v) is 4.50. The molecule has 0 spiro atoms. The second kappa shape index (κ2) is 5.44. The Hall–Kier alpha value is -2.36. The molecule has 0 bridgehead atoms. The van der Waals surface area contributed by atoms with E-state index in [2.05, 4.69) is 46.1 Å². The Morgan fingerprint density at radius 2 is 2.14 bits per heavy atom. The highest BCUT2D eigenvalue weighted by atomic mass is 15.2. The number of aromatic amines is 1. The molecule has 1 aliphatic heterocycles. The lowest BCUT2D eigenvalue weighted by Gasteiger charge is -2.31. The number of fused-ring (bicyclic) bond motifs is 1. The van der Waals surface area contributed by atoms with Gasteiger partial charge in [0.15, 0.2) is 0 Å². The number of rotatable bonds is 2. The van der Waals surface area contributed by atoms with Gasteiger partial charge in [-0.2, -0.15) is 0 Å². The average Bonchev–Trinajstić information content (AvgIpc) is 3.04. The molecule has 1 atom stereocenters. The summed E-state index contributed by atoms with van der Waals surface area (Å²) in [5.74, 6) is 1.85. The maximum Gasteiger partial charge on any atom is 0.137 e. The van der Waals surface area contributed by atoms with Crippen LogP contribution in [0.2, 0.25) is 0 Å². The lowest BCUT2D eigenvalue weighted by Crippen LogP contribution is -2.34. The fourth-order valence-corrected chi connectivity index (χ4v) is 3.34. The largest absolute Gasteiger partial charge is 0.356 e. The maximum atomic E-state index is 4.70. The molecule has 0 aliphatic carbocycles. The van der Waals surface area contributed by atoms with Crippen molar-refractivity contribution < 1.29 is 0 Å². The molecule has 3 aromatic heterocycles. The molecule has 4 heteroatoms. The van der Waals surface area contributed by atoms with E-state index >= 15 is 0 Å². The summed E-state index contributed by atoms with van der Waals surface area (Å²) in [5.41, 5.74) is 3.24. The molecule has 0 saturated carbocycles. The first kappa shape index (κ1) is 13.3. The standard InChI is InChI=1S/C18H20N4/c1-13-3-2-10-22(12-13)17-5-4-14(11-21-17)15-6-8-19-18-16(15)7-9-20-18/h4-9,11,13H,2-3,10,12H2,1H3,(H,19,20)/t13-/m1/s1. The van der Waals surface area contributed by atoms with Gasteiger partial charge in [-0.1, -0.05) is 6.92 Å². The summed E-state index contributed by atoms with van der Waals surface area (Å²) >= 11 is 0. The van der Waals surface area contributed by atoms with E-state index in [4.69, 9.17) is 4.98 Å². The fraction of sp³-hybridized carbons (Fsp3) is 0.333. The summed E-state index contributed by atoms with van der Waals surface area (Å²) in [6.45, 7) is 4.55. The summed E-state index contributed by atoms with van der Waals surface area (Å²) in [6, 6.07) is 8.43. The van der Waals surface area contributed by atoms with E-state index in [0.29, 0.717) is 0 Å². The number of pyridine rings is 2. The molecule has 4 nitrogen and oxygen atoms in total. The fourth-order valence-electron chi connectivity index (χ4n) is 3.34. The number of anilines is 1. The van der Waals surface area contributed by atoms with E-state index in [-0.39, 0.29) is 0 Å².